The van der Waals surface area contributed by atoms with Gasteiger partial charge in [0.15, 0.2) is 5.75 Å². The van der Waals surface area contributed by atoms with E-state index in [0.717, 1.165) is 0 Å². The number of hydrogen-bond acceptors (Lipinski definition) is 3. The van der Waals surface area contributed by atoms with Crippen LogP contribution in [-0.4, -0.2) is 17.9 Å². The summed E-state index contributed by atoms with van der Waals surface area (Å²) in [6.45, 7) is 2.91. The molecule has 2 rings (SSSR count). The number of rotatable bonds is 5. The van der Waals surface area contributed by atoms with Crippen molar-refractivity contribution in [2.24, 2.45) is 0 Å². The fourth-order valence-electron chi connectivity index (χ4n) is 1.93. The van der Waals surface area contributed by atoms with Crippen LogP contribution < -0.4 is 15.4 Å². The van der Waals surface area contributed by atoms with Crippen LogP contribution in [0.15, 0.2) is 48.5 Å². The van der Waals surface area contributed by atoms with Gasteiger partial charge in [0.25, 0.3) is 0 Å². The van der Waals surface area contributed by atoms with Gasteiger partial charge in [-0.1, -0.05) is 18.2 Å². The van der Waals surface area contributed by atoms with Gasteiger partial charge in [-0.2, -0.15) is 0 Å². The van der Waals surface area contributed by atoms with Gasteiger partial charge in [0.05, 0.1) is 5.69 Å². The molecule has 0 aromatic heterocycles. The van der Waals surface area contributed by atoms with Crippen molar-refractivity contribution in [3.8, 4) is 11.5 Å². The Kier molecular flexibility index (Phi) is 5.30. The number of carbonyl (C=O) groups is 2. The van der Waals surface area contributed by atoms with E-state index in [9.17, 15) is 14.0 Å². The Hall–Kier alpha value is -2.89. The highest BCUT2D eigenvalue weighted by molar-refractivity contribution is 5.97. The number of ether oxygens (including phenoxy) is 1. The minimum Gasteiger partial charge on any atom is -0.455 e. The second kappa shape index (κ2) is 7.40. The predicted octanol–water partition coefficient (Wildman–Crippen LogP) is 3.08. The lowest BCUT2D eigenvalue weighted by Gasteiger charge is -2.15. The lowest BCUT2D eigenvalue weighted by atomic mass is 10.2. The van der Waals surface area contributed by atoms with E-state index in [2.05, 4.69) is 10.6 Å². The molecule has 0 bridgehead atoms. The summed E-state index contributed by atoms with van der Waals surface area (Å²) in [6, 6.07) is 11.8. The number of nitrogens with one attached hydrogen (secondary N) is 2. The van der Waals surface area contributed by atoms with Crippen molar-refractivity contribution in [2.75, 3.05) is 5.32 Å². The number of para-hydroxylation sites is 2. The minimum atomic E-state index is -0.685. The van der Waals surface area contributed by atoms with Gasteiger partial charge in [-0.25, -0.2) is 4.39 Å². The fraction of sp³-hybridized carbons (Fsp3) is 0.176. The Balaban J connectivity index is 2.14. The highest BCUT2D eigenvalue weighted by Gasteiger charge is 2.15. The normalized spacial score (nSPS) is 11.4. The van der Waals surface area contributed by atoms with Crippen LogP contribution in [-0.2, 0) is 9.59 Å². The second-order valence-electron chi connectivity index (χ2n) is 4.97. The predicted molar refractivity (Wildman–Crippen MR) is 84.8 cm³/mol. The van der Waals surface area contributed by atoms with Crippen molar-refractivity contribution in [2.45, 2.75) is 19.9 Å². The summed E-state index contributed by atoms with van der Waals surface area (Å²) in [6.07, 6.45) is 0. The molecular weight excluding hydrogens is 299 g/mol. The first kappa shape index (κ1) is 16.5. The summed E-state index contributed by atoms with van der Waals surface area (Å²) < 4.78 is 18.8. The van der Waals surface area contributed by atoms with Gasteiger partial charge >= 0.3 is 0 Å². The molecule has 120 valence electrons. The summed E-state index contributed by atoms with van der Waals surface area (Å²) in [5.41, 5.74) is 0.430. The molecule has 0 radical (unpaired) electrons. The Labute approximate surface area is 133 Å². The lowest BCUT2D eigenvalue weighted by Crippen LogP contribution is -2.40. The average molecular weight is 316 g/mol. The highest BCUT2D eigenvalue weighted by Crippen LogP contribution is 2.29. The summed E-state index contributed by atoms with van der Waals surface area (Å²) in [4.78, 5) is 23.1. The van der Waals surface area contributed by atoms with Crippen LogP contribution in [0.2, 0.25) is 0 Å². The van der Waals surface area contributed by atoms with E-state index in [4.69, 9.17) is 4.74 Å². The maximum absolute atomic E-state index is 13.2. The molecular formula is C17H17FN2O3. The number of amides is 2. The van der Waals surface area contributed by atoms with E-state index in [-0.39, 0.29) is 11.8 Å². The summed E-state index contributed by atoms with van der Waals surface area (Å²) in [5, 5.41) is 5.18. The minimum absolute atomic E-state index is 0.294. The largest absolute Gasteiger partial charge is 0.455 e. The zero-order valence-corrected chi connectivity index (χ0v) is 12.8. The third kappa shape index (κ3) is 4.81. The van der Waals surface area contributed by atoms with Gasteiger partial charge in [0.2, 0.25) is 11.8 Å². The van der Waals surface area contributed by atoms with E-state index in [1.807, 2.05) is 0 Å². The van der Waals surface area contributed by atoms with Crippen LogP contribution in [0, 0.1) is 5.82 Å². The first-order valence-electron chi connectivity index (χ1n) is 7.06. The Morgan fingerprint density at radius 1 is 1.13 bits per heavy atom. The smallest absolute Gasteiger partial charge is 0.246 e. The molecule has 1 atom stereocenters. The lowest BCUT2D eigenvalue weighted by molar-refractivity contribution is -0.124. The molecule has 0 aliphatic heterocycles. The van der Waals surface area contributed by atoms with Crippen LogP contribution in [0.5, 0.6) is 11.5 Å². The Bertz CT molecular complexity index is 718. The van der Waals surface area contributed by atoms with Gasteiger partial charge in [-0.15, -0.1) is 0 Å². The number of anilines is 1. The van der Waals surface area contributed by atoms with Crippen LogP contribution in [0.4, 0.5) is 10.1 Å². The van der Waals surface area contributed by atoms with Crippen molar-refractivity contribution in [1.82, 2.24) is 5.32 Å². The maximum atomic E-state index is 13.2. The van der Waals surface area contributed by atoms with E-state index in [0.29, 0.717) is 17.2 Å². The number of hydrogen-bond donors (Lipinski definition) is 2. The third-order valence-electron chi connectivity index (χ3n) is 2.98. The highest BCUT2D eigenvalue weighted by atomic mass is 19.1. The molecule has 23 heavy (non-hydrogen) atoms. The molecule has 0 saturated heterocycles. The first-order valence-corrected chi connectivity index (χ1v) is 7.06. The van der Waals surface area contributed by atoms with Gasteiger partial charge in [-0.05, 0) is 31.2 Å². The molecule has 5 nitrogen and oxygen atoms in total. The molecule has 6 heteroatoms. The summed E-state index contributed by atoms with van der Waals surface area (Å²) in [5.74, 6) is -0.390. The molecule has 0 saturated carbocycles. The van der Waals surface area contributed by atoms with Gasteiger partial charge in [0, 0.05) is 13.0 Å². The third-order valence-corrected chi connectivity index (χ3v) is 2.98. The second-order valence-corrected chi connectivity index (χ2v) is 4.97. The molecule has 2 N–H and O–H groups in total. The summed E-state index contributed by atoms with van der Waals surface area (Å²) >= 11 is 0. The van der Waals surface area contributed by atoms with Crippen molar-refractivity contribution in [1.29, 1.82) is 0 Å². The number of carbonyl (C=O) groups excluding carboxylic acids is 2. The monoisotopic (exact) mass is 316 g/mol. The molecule has 2 aromatic rings. The van der Waals surface area contributed by atoms with Gasteiger partial charge < -0.3 is 15.4 Å². The van der Waals surface area contributed by atoms with E-state index in [1.165, 1.54) is 25.1 Å². The molecule has 0 aliphatic carbocycles. The molecule has 2 amide bonds. The number of halogens is 1. The van der Waals surface area contributed by atoms with Crippen molar-refractivity contribution in [3.05, 3.63) is 54.3 Å². The maximum Gasteiger partial charge on any atom is 0.246 e. The fourth-order valence-corrected chi connectivity index (χ4v) is 1.93. The zero-order chi connectivity index (χ0) is 16.8. The topological polar surface area (TPSA) is 67.4 Å². The molecule has 0 aliphatic rings. The molecule has 0 fully saturated rings. The molecule has 0 heterocycles. The van der Waals surface area contributed by atoms with Crippen molar-refractivity contribution < 1.29 is 18.7 Å². The van der Waals surface area contributed by atoms with Crippen LogP contribution in [0.25, 0.3) is 0 Å². The van der Waals surface area contributed by atoms with Gasteiger partial charge in [0.1, 0.15) is 17.6 Å². The van der Waals surface area contributed by atoms with E-state index < -0.39 is 11.9 Å². The standard InChI is InChI=1S/C17H17FN2O3/c1-11(19-12(2)21)17(22)20-15-8-3-4-9-16(15)23-14-7-5-6-13(18)10-14/h3-11H,1-2H3,(H,19,21)(H,20,22). The SMILES string of the molecule is CC(=O)NC(C)C(=O)Nc1ccccc1Oc1cccc(F)c1. The Morgan fingerprint density at radius 3 is 2.57 bits per heavy atom. The van der Waals surface area contributed by atoms with Gasteiger partial charge in [-0.3, -0.25) is 9.59 Å². The molecule has 2 aromatic carbocycles. The first-order chi connectivity index (χ1) is 11.0. The Morgan fingerprint density at radius 2 is 1.87 bits per heavy atom. The summed E-state index contributed by atoms with van der Waals surface area (Å²) in [7, 11) is 0. The quantitative estimate of drug-likeness (QED) is 0.891. The van der Waals surface area contributed by atoms with E-state index >= 15 is 0 Å². The van der Waals surface area contributed by atoms with Crippen LogP contribution in [0.3, 0.4) is 0 Å². The molecule has 1 unspecified atom stereocenters. The van der Waals surface area contributed by atoms with E-state index in [1.54, 1.807) is 37.3 Å². The van der Waals surface area contributed by atoms with Crippen LogP contribution >= 0.6 is 0 Å². The zero-order valence-electron chi connectivity index (χ0n) is 12.8. The van der Waals surface area contributed by atoms with Crippen LogP contribution in [0.1, 0.15) is 13.8 Å². The number of benzene rings is 2. The van der Waals surface area contributed by atoms with Crippen molar-refractivity contribution >= 4 is 17.5 Å². The average Bonchev–Trinajstić information content (AvgIpc) is 2.48. The molecule has 0 spiro atoms. The van der Waals surface area contributed by atoms with Crippen molar-refractivity contribution in [3.63, 3.8) is 0 Å².